The summed E-state index contributed by atoms with van der Waals surface area (Å²) < 4.78 is 15.7. The molecule has 2 rings (SSSR count). The van der Waals surface area contributed by atoms with Gasteiger partial charge in [-0.05, 0) is 30.7 Å². The van der Waals surface area contributed by atoms with E-state index in [1.54, 1.807) is 18.3 Å². The third-order valence-electron chi connectivity index (χ3n) is 3.17. The molecular weight excluding hydrogens is 284 g/mol. The summed E-state index contributed by atoms with van der Waals surface area (Å²) in [5.74, 6) is 1.49. The van der Waals surface area contributed by atoms with Gasteiger partial charge in [-0.25, -0.2) is 4.98 Å². The molecule has 0 saturated carbocycles. The van der Waals surface area contributed by atoms with E-state index < -0.39 is 0 Å². The first-order valence-electron chi connectivity index (χ1n) is 6.63. The summed E-state index contributed by atoms with van der Waals surface area (Å²) in [5.41, 5.74) is 1.27. The second kappa shape index (κ2) is 6.80. The van der Waals surface area contributed by atoms with Crippen LogP contribution < -0.4 is 19.5 Å². The highest BCUT2D eigenvalue weighted by Crippen LogP contribution is 2.38. The monoisotopic (exact) mass is 302 g/mol. The molecule has 0 fully saturated rings. The highest BCUT2D eigenvalue weighted by Gasteiger charge is 2.17. The number of rotatable bonds is 5. The van der Waals surface area contributed by atoms with Crippen LogP contribution in [-0.2, 0) is 0 Å². The lowest BCUT2D eigenvalue weighted by atomic mass is 10.1. The standard InChI is InChI=1S/C16H18N2O4/c1-10-6-5-7-17-15(10)18-16(19)11-8-12(20-2)14(22-4)13(9-11)21-3/h5-9H,1-4H3,(H,17,18,19). The van der Waals surface area contributed by atoms with Gasteiger partial charge in [0.25, 0.3) is 5.91 Å². The predicted molar refractivity (Wildman–Crippen MR) is 83.0 cm³/mol. The molecule has 0 unspecified atom stereocenters. The summed E-state index contributed by atoms with van der Waals surface area (Å²) >= 11 is 0. The number of anilines is 1. The maximum absolute atomic E-state index is 12.4. The van der Waals surface area contributed by atoms with Gasteiger partial charge in [-0.15, -0.1) is 0 Å². The number of nitrogens with zero attached hydrogens (tertiary/aromatic N) is 1. The van der Waals surface area contributed by atoms with E-state index in [0.717, 1.165) is 5.56 Å². The van der Waals surface area contributed by atoms with Crippen molar-refractivity contribution in [3.8, 4) is 17.2 Å². The first-order chi connectivity index (χ1) is 10.6. The van der Waals surface area contributed by atoms with Crippen LogP contribution in [0.15, 0.2) is 30.5 Å². The number of nitrogens with one attached hydrogen (secondary N) is 1. The van der Waals surface area contributed by atoms with Crippen LogP contribution in [-0.4, -0.2) is 32.2 Å². The molecule has 0 saturated heterocycles. The lowest BCUT2D eigenvalue weighted by Gasteiger charge is -2.14. The second-order valence-electron chi connectivity index (χ2n) is 4.54. The number of hydrogen-bond acceptors (Lipinski definition) is 5. The molecule has 0 bridgehead atoms. The number of benzene rings is 1. The number of carbonyl (C=O) groups excluding carboxylic acids is 1. The Balaban J connectivity index is 2.36. The van der Waals surface area contributed by atoms with Crippen LogP contribution in [0.1, 0.15) is 15.9 Å². The molecule has 1 amide bonds. The average molecular weight is 302 g/mol. The number of aryl methyl sites for hydroxylation is 1. The number of amides is 1. The maximum atomic E-state index is 12.4. The van der Waals surface area contributed by atoms with Gasteiger partial charge in [0.05, 0.1) is 21.3 Å². The van der Waals surface area contributed by atoms with E-state index in [1.807, 2.05) is 19.1 Å². The summed E-state index contributed by atoms with van der Waals surface area (Å²) in [7, 11) is 4.52. The third-order valence-corrected chi connectivity index (χ3v) is 3.17. The largest absolute Gasteiger partial charge is 0.493 e. The van der Waals surface area contributed by atoms with Crippen molar-refractivity contribution in [1.29, 1.82) is 0 Å². The minimum Gasteiger partial charge on any atom is -0.493 e. The summed E-state index contributed by atoms with van der Waals surface area (Å²) in [6, 6.07) is 6.87. The van der Waals surface area contributed by atoms with Crippen LogP contribution in [0.3, 0.4) is 0 Å². The lowest BCUT2D eigenvalue weighted by molar-refractivity contribution is 0.102. The fraction of sp³-hybridized carbons (Fsp3) is 0.250. The Morgan fingerprint density at radius 2 is 1.73 bits per heavy atom. The Hall–Kier alpha value is -2.76. The Morgan fingerprint density at radius 3 is 2.23 bits per heavy atom. The highest BCUT2D eigenvalue weighted by molar-refractivity contribution is 6.04. The number of methoxy groups -OCH3 is 3. The van der Waals surface area contributed by atoms with Crippen molar-refractivity contribution in [2.24, 2.45) is 0 Å². The van der Waals surface area contributed by atoms with Crippen molar-refractivity contribution in [3.63, 3.8) is 0 Å². The number of ether oxygens (including phenoxy) is 3. The van der Waals surface area contributed by atoms with Gasteiger partial charge in [-0.2, -0.15) is 0 Å². The van der Waals surface area contributed by atoms with E-state index in [0.29, 0.717) is 28.6 Å². The van der Waals surface area contributed by atoms with Gasteiger partial charge in [0, 0.05) is 11.8 Å². The summed E-state index contributed by atoms with van der Waals surface area (Å²) in [6.45, 7) is 1.87. The van der Waals surface area contributed by atoms with E-state index in [4.69, 9.17) is 14.2 Å². The van der Waals surface area contributed by atoms with Gasteiger partial charge in [-0.3, -0.25) is 4.79 Å². The quantitative estimate of drug-likeness (QED) is 0.919. The lowest BCUT2D eigenvalue weighted by Crippen LogP contribution is -2.14. The Labute approximate surface area is 129 Å². The predicted octanol–water partition coefficient (Wildman–Crippen LogP) is 2.67. The maximum Gasteiger partial charge on any atom is 0.257 e. The van der Waals surface area contributed by atoms with Gasteiger partial charge >= 0.3 is 0 Å². The number of carbonyl (C=O) groups is 1. The fourth-order valence-corrected chi connectivity index (χ4v) is 2.01. The molecule has 22 heavy (non-hydrogen) atoms. The minimum absolute atomic E-state index is 0.305. The van der Waals surface area contributed by atoms with Crippen LogP contribution in [0.5, 0.6) is 17.2 Å². The smallest absolute Gasteiger partial charge is 0.257 e. The number of pyridine rings is 1. The van der Waals surface area contributed by atoms with Crippen molar-refractivity contribution < 1.29 is 19.0 Å². The third kappa shape index (κ3) is 3.11. The SMILES string of the molecule is COc1cc(C(=O)Nc2ncccc2C)cc(OC)c1OC. The van der Waals surface area contributed by atoms with Gasteiger partial charge < -0.3 is 19.5 Å². The zero-order chi connectivity index (χ0) is 16.1. The second-order valence-corrected chi connectivity index (χ2v) is 4.54. The van der Waals surface area contributed by atoms with Crippen LogP contribution in [0.4, 0.5) is 5.82 Å². The van der Waals surface area contributed by atoms with Crippen molar-refractivity contribution in [2.75, 3.05) is 26.6 Å². The molecule has 0 atom stereocenters. The fourth-order valence-electron chi connectivity index (χ4n) is 2.01. The normalized spacial score (nSPS) is 10.0. The molecule has 1 aromatic carbocycles. The van der Waals surface area contributed by atoms with Crippen molar-refractivity contribution in [1.82, 2.24) is 4.98 Å². The summed E-state index contributed by atoms with van der Waals surface area (Å²) in [6.07, 6.45) is 1.62. The van der Waals surface area contributed by atoms with Crippen LogP contribution >= 0.6 is 0 Å². The molecular formula is C16H18N2O4. The molecule has 2 aromatic rings. The first-order valence-corrected chi connectivity index (χ1v) is 6.63. The molecule has 0 aliphatic carbocycles. The van der Waals surface area contributed by atoms with E-state index in [1.165, 1.54) is 21.3 Å². The van der Waals surface area contributed by atoms with Crippen LogP contribution in [0.2, 0.25) is 0 Å². The number of aromatic nitrogens is 1. The molecule has 0 spiro atoms. The molecule has 6 heteroatoms. The Bertz CT molecular complexity index is 661. The molecule has 0 aliphatic rings. The van der Waals surface area contributed by atoms with Crippen LogP contribution in [0, 0.1) is 6.92 Å². The van der Waals surface area contributed by atoms with Gasteiger partial charge in [0.1, 0.15) is 5.82 Å². The summed E-state index contributed by atoms with van der Waals surface area (Å²) in [4.78, 5) is 16.5. The molecule has 1 heterocycles. The van der Waals surface area contributed by atoms with Gasteiger partial charge in [0.2, 0.25) is 5.75 Å². The van der Waals surface area contributed by atoms with Crippen LogP contribution in [0.25, 0.3) is 0 Å². The average Bonchev–Trinajstić information content (AvgIpc) is 2.55. The van der Waals surface area contributed by atoms with Gasteiger partial charge in [0.15, 0.2) is 11.5 Å². The van der Waals surface area contributed by atoms with Crippen molar-refractivity contribution in [2.45, 2.75) is 6.92 Å². The van der Waals surface area contributed by atoms with Crippen molar-refractivity contribution >= 4 is 11.7 Å². The van der Waals surface area contributed by atoms with E-state index in [-0.39, 0.29) is 5.91 Å². The van der Waals surface area contributed by atoms with Crippen molar-refractivity contribution in [3.05, 3.63) is 41.6 Å². The highest BCUT2D eigenvalue weighted by atomic mass is 16.5. The molecule has 1 aromatic heterocycles. The Morgan fingerprint density at radius 1 is 1.09 bits per heavy atom. The Kier molecular flexibility index (Phi) is 4.83. The van der Waals surface area contributed by atoms with E-state index >= 15 is 0 Å². The molecule has 0 aliphatic heterocycles. The zero-order valence-corrected chi connectivity index (χ0v) is 13.0. The molecule has 0 radical (unpaired) electrons. The number of hydrogen-bond donors (Lipinski definition) is 1. The van der Waals surface area contributed by atoms with E-state index in [2.05, 4.69) is 10.3 Å². The van der Waals surface area contributed by atoms with E-state index in [9.17, 15) is 4.79 Å². The molecule has 116 valence electrons. The molecule has 6 nitrogen and oxygen atoms in total. The topological polar surface area (TPSA) is 69.7 Å². The zero-order valence-electron chi connectivity index (χ0n) is 13.0. The van der Waals surface area contributed by atoms with Gasteiger partial charge in [-0.1, -0.05) is 6.07 Å². The first kappa shape index (κ1) is 15.6. The minimum atomic E-state index is -0.305. The summed E-state index contributed by atoms with van der Waals surface area (Å²) in [5, 5.41) is 2.76. The molecule has 1 N–H and O–H groups in total.